The van der Waals surface area contributed by atoms with Gasteiger partial charge in [0.05, 0.1) is 6.61 Å². The number of carbonyl (C=O) groups excluding carboxylic acids is 1. The predicted octanol–water partition coefficient (Wildman–Crippen LogP) is 3.76. The number of esters is 1. The fourth-order valence-corrected chi connectivity index (χ4v) is 2.37. The van der Waals surface area contributed by atoms with E-state index in [-0.39, 0.29) is 5.97 Å². The highest BCUT2D eigenvalue weighted by atomic mass is 16.5. The molecule has 0 fully saturated rings. The minimum absolute atomic E-state index is 0.224. The lowest BCUT2D eigenvalue weighted by molar-refractivity contribution is -0.147. The number of likely N-dealkylation sites (N-methyl/N-ethyl adjacent to an activating group) is 1. The van der Waals surface area contributed by atoms with Crippen LogP contribution in [-0.4, -0.2) is 30.6 Å². The van der Waals surface area contributed by atoms with E-state index in [4.69, 9.17) is 4.74 Å². The van der Waals surface area contributed by atoms with Gasteiger partial charge in [-0.25, -0.2) is 0 Å². The molecule has 2 rings (SSSR count). The first-order valence-corrected chi connectivity index (χ1v) is 7.84. The predicted molar refractivity (Wildman–Crippen MR) is 93.8 cm³/mol. The largest absolute Gasteiger partial charge is 0.465 e. The lowest BCUT2D eigenvalue weighted by Crippen LogP contribution is -2.37. The van der Waals surface area contributed by atoms with Crippen LogP contribution in [0.15, 0.2) is 66.7 Å². The molecule has 120 valence electrons. The van der Waals surface area contributed by atoms with Crippen LogP contribution in [0.3, 0.4) is 0 Å². The summed E-state index contributed by atoms with van der Waals surface area (Å²) in [6, 6.07) is 19.6. The normalized spacial score (nSPS) is 12.5. The van der Waals surface area contributed by atoms with Crippen molar-refractivity contribution in [3.05, 3.63) is 77.9 Å². The van der Waals surface area contributed by atoms with Gasteiger partial charge in [0.25, 0.3) is 0 Å². The van der Waals surface area contributed by atoms with Crippen molar-refractivity contribution in [1.82, 2.24) is 4.90 Å². The van der Waals surface area contributed by atoms with E-state index in [1.54, 1.807) is 0 Å². The van der Waals surface area contributed by atoms with Gasteiger partial charge in [-0.1, -0.05) is 72.8 Å². The van der Waals surface area contributed by atoms with Crippen molar-refractivity contribution in [2.45, 2.75) is 19.5 Å². The smallest absolute Gasteiger partial charge is 0.327 e. The van der Waals surface area contributed by atoms with Crippen LogP contribution in [0.4, 0.5) is 0 Å². The van der Waals surface area contributed by atoms with Crippen molar-refractivity contribution in [3.63, 3.8) is 0 Å². The first kappa shape index (κ1) is 17.0. The molecule has 0 unspecified atom stereocenters. The summed E-state index contributed by atoms with van der Waals surface area (Å²) in [5.41, 5.74) is 2.23. The summed E-state index contributed by atoms with van der Waals surface area (Å²) in [6.45, 7) is 2.89. The lowest BCUT2D eigenvalue weighted by atomic mass is 10.1. The Morgan fingerprint density at radius 3 is 2.30 bits per heavy atom. The molecule has 23 heavy (non-hydrogen) atoms. The van der Waals surface area contributed by atoms with E-state index in [2.05, 4.69) is 12.1 Å². The van der Waals surface area contributed by atoms with Gasteiger partial charge in [0, 0.05) is 6.54 Å². The zero-order valence-electron chi connectivity index (χ0n) is 13.7. The average Bonchev–Trinajstić information content (AvgIpc) is 2.57. The molecule has 0 amide bonds. The van der Waals surface area contributed by atoms with Gasteiger partial charge in [-0.3, -0.25) is 9.69 Å². The van der Waals surface area contributed by atoms with Gasteiger partial charge in [-0.2, -0.15) is 0 Å². The van der Waals surface area contributed by atoms with Crippen LogP contribution in [0.5, 0.6) is 0 Å². The summed E-state index contributed by atoms with van der Waals surface area (Å²) in [7, 11) is 1.93. The minimum Gasteiger partial charge on any atom is -0.465 e. The van der Waals surface area contributed by atoms with Crippen molar-refractivity contribution in [2.24, 2.45) is 0 Å². The van der Waals surface area contributed by atoms with Crippen LogP contribution < -0.4 is 0 Å². The number of rotatable bonds is 7. The Hall–Kier alpha value is -2.39. The monoisotopic (exact) mass is 309 g/mol. The fraction of sp³-hybridized carbons (Fsp3) is 0.250. The van der Waals surface area contributed by atoms with Crippen molar-refractivity contribution < 1.29 is 9.53 Å². The third-order valence-corrected chi connectivity index (χ3v) is 3.55. The van der Waals surface area contributed by atoms with Gasteiger partial charge in [-0.15, -0.1) is 0 Å². The highest BCUT2D eigenvalue weighted by Gasteiger charge is 2.21. The third-order valence-electron chi connectivity index (χ3n) is 3.55. The van der Waals surface area contributed by atoms with E-state index in [1.165, 1.54) is 0 Å². The van der Waals surface area contributed by atoms with E-state index in [0.29, 0.717) is 13.2 Å². The van der Waals surface area contributed by atoms with Gasteiger partial charge in [0.1, 0.15) is 6.04 Å². The van der Waals surface area contributed by atoms with Crippen molar-refractivity contribution in [2.75, 3.05) is 13.7 Å². The Morgan fingerprint density at radius 1 is 1.09 bits per heavy atom. The minimum atomic E-state index is -0.407. The van der Waals surface area contributed by atoms with Crippen LogP contribution in [0.1, 0.15) is 18.1 Å². The topological polar surface area (TPSA) is 29.5 Å². The van der Waals surface area contributed by atoms with Crippen LogP contribution in [0.2, 0.25) is 0 Å². The second-order valence-electron chi connectivity index (χ2n) is 5.37. The molecule has 0 aliphatic rings. The lowest BCUT2D eigenvalue weighted by Gasteiger charge is -2.24. The summed E-state index contributed by atoms with van der Waals surface area (Å²) >= 11 is 0. The Kier molecular flexibility index (Phi) is 6.57. The number of carbonyl (C=O) groups is 1. The molecule has 2 aromatic rings. The molecule has 0 saturated carbocycles. The Morgan fingerprint density at radius 2 is 1.70 bits per heavy atom. The third kappa shape index (κ3) is 5.38. The molecule has 0 aromatic heterocycles. The Balaban J connectivity index is 2.13. The fourth-order valence-electron chi connectivity index (χ4n) is 2.37. The molecule has 0 saturated heterocycles. The van der Waals surface area contributed by atoms with Crippen LogP contribution in [0, 0.1) is 0 Å². The molecule has 2 aromatic carbocycles. The molecule has 0 aliphatic heterocycles. The van der Waals surface area contributed by atoms with Crippen molar-refractivity contribution in [1.29, 1.82) is 0 Å². The SMILES string of the molecule is CCOC(=O)[C@@H](/C=C\c1ccccc1)N(C)Cc1ccccc1. The van der Waals surface area contributed by atoms with Gasteiger partial charge in [0.15, 0.2) is 0 Å². The number of benzene rings is 2. The summed E-state index contributed by atoms with van der Waals surface area (Å²) in [6.07, 6.45) is 3.86. The summed E-state index contributed by atoms with van der Waals surface area (Å²) in [5.74, 6) is -0.224. The molecule has 0 spiro atoms. The second kappa shape index (κ2) is 8.91. The van der Waals surface area contributed by atoms with E-state index in [9.17, 15) is 4.79 Å². The van der Waals surface area contributed by atoms with Crippen molar-refractivity contribution >= 4 is 12.0 Å². The molecule has 0 heterocycles. The quantitative estimate of drug-likeness (QED) is 0.729. The highest BCUT2D eigenvalue weighted by Crippen LogP contribution is 2.11. The van der Waals surface area contributed by atoms with Crippen LogP contribution in [0.25, 0.3) is 6.08 Å². The molecule has 1 atom stereocenters. The average molecular weight is 309 g/mol. The van der Waals surface area contributed by atoms with E-state index >= 15 is 0 Å². The zero-order valence-corrected chi connectivity index (χ0v) is 13.7. The summed E-state index contributed by atoms with van der Waals surface area (Å²) in [4.78, 5) is 14.3. The molecule has 0 aliphatic carbocycles. The first-order chi connectivity index (χ1) is 11.2. The van der Waals surface area contributed by atoms with Crippen LogP contribution >= 0.6 is 0 Å². The maximum Gasteiger partial charge on any atom is 0.327 e. The summed E-state index contributed by atoms with van der Waals surface area (Å²) in [5, 5.41) is 0. The van der Waals surface area contributed by atoms with E-state index < -0.39 is 6.04 Å². The molecule has 3 nitrogen and oxygen atoms in total. The number of hydrogen-bond donors (Lipinski definition) is 0. The van der Waals surface area contributed by atoms with E-state index in [1.807, 2.05) is 79.6 Å². The maximum atomic E-state index is 12.3. The number of hydrogen-bond acceptors (Lipinski definition) is 3. The Bertz CT molecular complexity index is 623. The molecular formula is C20H23NO2. The van der Waals surface area contributed by atoms with Gasteiger partial charge in [-0.05, 0) is 25.1 Å². The van der Waals surface area contributed by atoms with Crippen LogP contribution in [-0.2, 0) is 16.1 Å². The molecule has 3 heteroatoms. The van der Waals surface area contributed by atoms with E-state index in [0.717, 1.165) is 11.1 Å². The highest BCUT2D eigenvalue weighted by molar-refractivity contribution is 5.79. The number of nitrogens with zero attached hydrogens (tertiary/aromatic N) is 1. The van der Waals surface area contributed by atoms with Crippen molar-refractivity contribution in [3.8, 4) is 0 Å². The first-order valence-electron chi connectivity index (χ1n) is 7.84. The second-order valence-corrected chi connectivity index (χ2v) is 5.37. The summed E-state index contributed by atoms with van der Waals surface area (Å²) < 4.78 is 5.22. The zero-order chi connectivity index (χ0) is 16.5. The molecule has 0 radical (unpaired) electrons. The van der Waals surface area contributed by atoms with Gasteiger partial charge in [0.2, 0.25) is 0 Å². The molecular weight excluding hydrogens is 286 g/mol. The molecule has 0 bridgehead atoms. The standard InChI is InChI=1S/C20H23NO2/c1-3-23-20(22)19(15-14-17-10-6-4-7-11-17)21(2)16-18-12-8-5-9-13-18/h4-15,19H,3,16H2,1-2H3/b15-14-/t19-/m1/s1. The van der Waals surface area contributed by atoms with Gasteiger partial charge < -0.3 is 4.74 Å². The van der Waals surface area contributed by atoms with Gasteiger partial charge >= 0.3 is 5.97 Å². The maximum absolute atomic E-state index is 12.3. The Labute approximate surface area is 138 Å². The number of ether oxygens (including phenoxy) is 1. The molecule has 0 N–H and O–H groups in total.